The monoisotopic (exact) mass is 521 g/mol. The molecule has 188 valence electrons. The number of piperazine rings is 1. The van der Waals surface area contributed by atoms with Crippen molar-refractivity contribution in [1.82, 2.24) is 9.47 Å². The minimum absolute atomic E-state index is 0.00861. The first-order valence-electron chi connectivity index (χ1n) is 12.3. The summed E-state index contributed by atoms with van der Waals surface area (Å²) in [5.74, 6) is 0.645. The number of benzene rings is 1. The maximum absolute atomic E-state index is 13.3. The summed E-state index contributed by atoms with van der Waals surface area (Å²) in [4.78, 5) is 33.3. The third-order valence-electron chi connectivity index (χ3n) is 6.99. The molecular weight excluding hydrogens is 490 g/mol. The van der Waals surface area contributed by atoms with E-state index in [0.29, 0.717) is 34.4 Å². The second kappa shape index (κ2) is 10.9. The molecule has 3 heterocycles. The molecule has 0 saturated carbocycles. The van der Waals surface area contributed by atoms with E-state index in [-0.39, 0.29) is 23.1 Å². The summed E-state index contributed by atoms with van der Waals surface area (Å²) >= 11 is 6.81. The zero-order valence-corrected chi connectivity index (χ0v) is 22.8. The maximum Gasteiger partial charge on any atom is 0.270 e. The van der Waals surface area contributed by atoms with Gasteiger partial charge in [0.2, 0.25) is 0 Å². The number of aromatic nitrogens is 1. The predicted molar refractivity (Wildman–Crippen MR) is 151 cm³/mol. The van der Waals surface area contributed by atoms with E-state index < -0.39 is 0 Å². The lowest BCUT2D eigenvalue weighted by molar-refractivity contribution is -0.123. The number of carbonyl (C=O) groups is 1. The molecule has 9 heteroatoms. The Balaban J connectivity index is 1.78. The van der Waals surface area contributed by atoms with Gasteiger partial charge in [-0.2, -0.15) is 5.26 Å². The molecule has 1 atom stereocenters. The van der Waals surface area contributed by atoms with E-state index in [0.717, 1.165) is 30.9 Å². The van der Waals surface area contributed by atoms with Gasteiger partial charge in [-0.1, -0.05) is 49.1 Å². The van der Waals surface area contributed by atoms with Crippen LogP contribution < -0.4 is 15.4 Å². The third-order valence-corrected chi connectivity index (χ3v) is 8.32. The lowest BCUT2D eigenvalue weighted by Crippen LogP contribution is -2.48. The highest BCUT2D eigenvalue weighted by Gasteiger charge is 2.35. The van der Waals surface area contributed by atoms with Crippen molar-refractivity contribution in [3.05, 3.63) is 62.3 Å². The van der Waals surface area contributed by atoms with Crippen molar-refractivity contribution >= 4 is 51.8 Å². The van der Waals surface area contributed by atoms with Crippen molar-refractivity contribution in [1.29, 1.82) is 5.26 Å². The first-order valence-corrected chi connectivity index (χ1v) is 13.5. The number of rotatable bonds is 6. The Morgan fingerprint density at radius 1 is 1.11 bits per heavy atom. The minimum Gasteiger partial charge on any atom is -0.368 e. The van der Waals surface area contributed by atoms with Crippen LogP contribution in [0.25, 0.3) is 6.08 Å². The maximum atomic E-state index is 13.3. The second-order valence-electron chi connectivity index (χ2n) is 9.02. The zero-order chi connectivity index (χ0) is 26.0. The van der Waals surface area contributed by atoms with Gasteiger partial charge in [0.15, 0.2) is 0 Å². The fraction of sp³-hybridized carbons (Fsp3) is 0.407. The largest absolute Gasteiger partial charge is 0.368 e. The zero-order valence-electron chi connectivity index (χ0n) is 21.2. The SMILES string of the molecule is CCC(C)N1C(=O)/C(=C\c2c(C)c(C#N)c(=O)n(CC)c2N2CCN(c3ccccc3)CC2)SC1=S. The number of para-hydroxylation sites is 1. The van der Waals surface area contributed by atoms with Crippen LogP contribution in [0.15, 0.2) is 40.0 Å². The van der Waals surface area contributed by atoms with E-state index in [4.69, 9.17) is 12.2 Å². The lowest BCUT2D eigenvalue weighted by atomic mass is 10.0. The van der Waals surface area contributed by atoms with Gasteiger partial charge in [-0.05, 0) is 51.0 Å². The molecule has 1 unspecified atom stereocenters. The van der Waals surface area contributed by atoms with Gasteiger partial charge in [-0.25, -0.2) is 0 Å². The average Bonchev–Trinajstić information content (AvgIpc) is 3.18. The van der Waals surface area contributed by atoms with Crippen molar-refractivity contribution in [3.63, 3.8) is 0 Å². The molecule has 0 radical (unpaired) electrons. The number of thiocarbonyl (C=S) groups is 1. The third kappa shape index (κ3) is 4.67. The van der Waals surface area contributed by atoms with Gasteiger partial charge < -0.3 is 9.80 Å². The van der Waals surface area contributed by atoms with E-state index in [1.54, 1.807) is 16.4 Å². The molecule has 1 aromatic heterocycles. The molecule has 2 aromatic rings. The van der Waals surface area contributed by atoms with Crippen molar-refractivity contribution in [2.45, 2.75) is 46.7 Å². The summed E-state index contributed by atoms with van der Waals surface area (Å²) < 4.78 is 2.21. The predicted octanol–water partition coefficient (Wildman–Crippen LogP) is 4.37. The summed E-state index contributed by atoms with van der Waals surface area (Å²) in [6, 6.07) is 12.4. The molecule has 4 rings (SSSR count). The topological polar surface area (TPSA) is 72.6 Å². The van der Waals surface area contributed by atoms with Crippen LogP contribution in [0.4, 0.5) is 11.5 Å². The number of nitriles is 1. The molecule has 2 aliphatic heterocycles. The fourth-order valence-corrected chi connectivity index (χ4v) is 6.21. The molecule has 36 heavy (non-hydrogen) atoms. The molecule has 0 aliphatic carbocycles. The van der Waals surface area contributed by atoms with E-state index in [1.807, 2.05) is 45.0 Å². The van der Waals surface area contributed by atoms with Gasteiger partial charge in [0.05, 0.1) is 4.91 Å². The van der Waals surface area contributed by atoms with Crippen molar-refractivity contribution in [2.24, 2.45) is 0 Å². The molecule has 1 aromatic carbocycles. The molecule has 0 bridgehead atoms. The van der Waals surface area contributed by atoms with Gasteiger partial charge >= 0.3 is 0 Å². The Morgan fingerprint density at radius 3 is 2.33 bits per heavy atom. The highest BCUT2D eigenvalue weighted by Crippen LogP contribution is 2.37. The smallest absolute Gasteiger partial charge is 0.270 e. The van der Waals surface area contributed by atoms with E-state index in [1.165, 1.54) is 17.4 Å². The van der Waals surface area contributed by atoms with Gasteiger partial charge in [0.25, 0.3) is 11.5 Å². The number of thioether (sulfide) groups is 1. The first-order chi connectivity index (χ1) is 17.3. The van der Waals surface area contributed by atoms with Crippen molar-refractivity contribution in [3.8, 4) is 6.07 Å². The Labute approximate surface area is 222 Å². The van der Waals surface area contributed by atoms with Crippen LogP contribution >= 0.6 is 24.0 Å². The van der Waals surface area contributed by atoms with Crippen LogP contribution in [-0.4, -0.2) is 51.9 Å². The van der Waals surface area contributed by atoms with E-state index in [2.05, 4.69) is 28.0 Å². The number of amides is 1. The molecule has 0 N–H and O–H groups in total. The van der Waals surface area contributed by atoms with E-state index >= 15 is 0 Å². The number of anilines is 2. The Morgan fingerprint density at radius 2 is 1.75 bits per heavy atom. The highest BCUT2D eigenvalue weighted by molar-refractivity contribution is 8.26. The summed E-state index contributed by atoms with van der Waals surface area (Å²) in [6.07, 6.45) is 2.64. The van der Waals surface area contributed by atoms with Crippen molar-refractivity contribution < 1.29 is 4.79 Å². The molecule has 0 spiro atoms. The van der Waals surface area contributed by atoms with Gasteiger partial charge in [-0.3, -0.25) is 19.1 Å². The highest BCUT2D eigenvalue weighted by atomic mass is 32.2. The van der Waals surface area contributed by atoms with Gasteiger partial charge in [0, 0.05) is 50.0 Å². The van der Waals surface area contributed by atoms with Crippen LogP contribution in [0.2, 0.25) is 0 Å². The Hall–Kier alpha value is -3.09. The summed E-state index contributed by atoms with van der Waals surface area (Å²) in [7, 11) is 0. The molecule has 2 fully saturated rings. The quantitative estimate of drug-likeness (QED) is 0.413. The van der Waals surface area contributed by atoms with Crippen LogP contribution in [0.5, 0.6) is 0 Å². The van der Waals surface area contributed by atoms with Gasteiger partial charge in [-0.15, -0.1) is 0 Å². The lowest BCUT2D eigenvalue weighted by Gasteiger charge is -2.39. The van der Waals surface area contributed by atoms with Crippen LogP contribution in [0.3, 0.4) is 0 Å². The Kier molecular flexibility index (Phi) is 7.86. The summed E-state index contributed by atoms with van der Waals surface area (Å²) in [5.41, 5.74) is 2.34. The number of hydrogen-bond donors (Lipinski definition) is 0. The standard InChI is InChI=1S/C27H31N5O2S2/c1-5-18(3)32-26(34)23(36-27(32)35)16-21-19(4)22(17-28)25(33)31(6-2)24(21)30-14-12-29(13-15-30)20-10-8-7-9-11-20/h7-11,16,18H,5-6,12-15H2,1-4H3/b23-16+. The van der Waals surface area contributed by atoms with Crippen molar-refractivity contribution in [2.75, 3.05) is 36.0 Å². The first kappa shape index (κ1) is 26.0. The molecule has 2 saturated heterocycles. The molecule has 1 amide bonds. The number of hydrogen-bond acceptors (Lipinski definition) is 7. The van der Waals surface area contributed by atoms with Gasteiger partial charge in [0.1, 0.15) is 21.8 Å². The van der Waals surface area contributed by atoms with Crippen LogP contribution in [-0.2, 0) is 11.3 Å². The summed E-state index contributed by atoms with van der Waals surface area (Å²) in [6.45, 7) is 11.2. The van der Waals surface area contributed by atoms with E-state index in [9.17, 15) is 14.9 Å². The number of carbonyl (C=O) groups excluding carboxylic acids is 1. The number of nitrogens with zero attached hydrogens (tertiary/aromatic N) is 5. The normalized spacial score (nSPS) is 18.2. The fourth-order valence-electron chi connectivity index (χ4n) is 4.77. The molecule has 2 aliphatic rings. The average molecular weight is 522 g/mol. The van der Waals surface area contributed by atoms with Crippen LogP contribution in [0.1, 0.15) is 43.9 Å². The molecule has 7 nitrogen and oxygen atoms in total. The minimum atomic E-state index is -0.290. The molecular formula is C27H31N5O2S2. The van der Waals surface area contributed by atoms with Crippen LogP contribution in [0, 0.1) is 18.3 Å². The summed E-state index contributed by atoms with van der Waals surface area (Å²) in [5, 5.41) is 9.80. The number of pyridine rings is 1. The second-order valence-corrected chi connectivity index (χ2v) is 10.7. The Bertz CT molecular complexity index is 1300.